The Labute approximate surface area is 198 Å². The Morgan fingerprint density at radius 2 is 1.58 bits per heavy atom. The summed E-state index contributed by atoms with van der Waals surface area (Å²) >= 11 is 1.44. The Balaban J connectivity index is 1.48. The number of nitrogens with zero attached hydrogens (tertiary/aromatic N) is 5. The van der Waals surface area contributed by atoms with Gasteiger partial charge >= 0.3 is 0 Å². The molecule has 0 bridgehead atoms. The molecule has 1 amide bonds. The van der Waals surface area contributed by atoms with E-state index in [1.54, 1.807) is 12.4 Å². The molecule has 4 aromatic rings. The number of pyridine rings is 1. The highest BCUT2D eigenvalue weighted by molar-refractivity contribution is 8.00. The standard InChI is InChI=1S/C26H27N5OS/c1-20(33-26-29-28-24(30(26)2)23-13-16-27-17-14-23)25(32)31(19-22-11-7-4-8-12-22)18-15-21-9-5-3-6-10-21/h3-14,16-17,20H,15,18-19H2,1-2H3/t20-/m1/s1. The van der Waals surface area contributed by atoms with E-state index in [2.05, 4.69) is 39.4 Å². The van der Waals surface area contributed by atoms with Gasteiger partial charge in [-0.3, -0.25) is 9.78 Å². The molecule has 2 heterocycles. The van der Waals surface area contributed by atoms with Crippen LogP contribution in [0.5, 0.6) is 0 Å². The molecule has 2 aromatic carbocycles. The molecule has 0 aliphatic heterocycles. The summed E-state index contributed by atoms with van der Waals surface area (Å²) in [5, 5.41) is 9.08. The molecule has 33 heavy (non-hydrogen) atoms. The van der Waals surface area contributed by atoms with Crippen LogP contribution in [-0.4, -0.2) is 42.4 Å². The first-order chi connectivity index (χ1) is 16.1. The van der Waals surface area contributed by atoms with Crippen LogP contribution < -0.4 is 0 Å². The van der Waals surface area contributed by atoms with E-state index in [9.17, 15) is 4.79 Å². The van der Waals surface area contributed by atoms with E-state index in [-0.39, 0.29) is 11.2 Å². The minimum Gasteiger partial charge on any atom is -0.337 e. The van der Waals surface area contributed by atoms with E-state index in [0.29, 0.717) is 18.2 Å². The Morgan fingerprint density at radius 3 is 2.24 bits per heavy atom. The topological polar surface area (TPSA) is 63.9 Å². The highest BCUT2D eigenvalue weighted by Crippen LogP contribution is 2.26. The van der Waals surface area contributed by atoms with Gasteiger partial charge in [0.25, 0.3) is 0 Å². The van der Waals surface area contributed by atoms with Gasteiger partial charge in [0.15, 0.2) is 11.0 Å². The molecule has 1 atom stereocenters. The largest absolute Gasteiger partial charge is 0.337 e. The van der Waals surface area contributed by atoms with Gasteiger partial charge in [-0.05, 0) is 36.6 Å². The molecule has 0 radical (unpaired) electrons. The average molecular weight is 458 g/mol. The van der Waals surface area contributed by atoms with Gasteiger partial charge in [0, 0.05) is 38.1 Å². The molecule has 0 spiro atoms. The van der Waals surface area contributed by atoms with Crippen LogP contribution in [0, 0.1) is 0 Å². The van der Waals surface area contributed by atoms with Crippen molar-refractivity contribution in [3.05, 3.63) is 96.3 Å². The third kappa shape index (κ3) is 5.87. The van der Waals surface area contributed by atoms with E-state index >= 15 is 0 Å². The van der Waals surface area contributed by atoms with Crippen molar-refractivity contribution < 1.29 is 4.79 Å². The second-order valence-electron chi connectivity index (χ2n) is 7.84. The maximum Gasteiger partial charge on any atom is 0.236 e. The predicted molar refractivity (Wildman–Crippen MR) is 132 cm³/mol. The fraction of sp³-hybridized carbons (Fsp3) is 0.231. The van der Waals surface area contributed by atoms with Crippen LogP contribution in [0.1, 0.15) is 18.1 Å². The molecular weight excluding hydrogens is 430 g/mol. The highest BCUT2D eigenvalue weighted by Gasteiger charge is 2.24. The zero-order valence-corrected chi connectivity index (χ0v) is 19.7. The molecule has 0 N–H and O–H groups in total. The van der Waals surface area contributed by atoms with E-state index in [1.165, 1.54) is 17.3 Å². The first-order valence-corrected chi connectivity index (χ1v) is 11.8. The van der Waals surface area contributed by atoms with Crippen molar-refractivity contribution in [2.24, 2.45) is 7.05 Å². The molecule has 0 aliphatic carbocycles. The molecule has 0 saturated carbocycles. The van der Waals surface area contributed by atoms with Crippen molar-refractivity contribution in [1.82, 2.24) is 24.6 Å². The molecule has 6 nitrogen and oxygen atoms in total. The summed E-state index contributed by atoms with van der Waals surface area (Å²) < 4.78 is 1.93. The summed E-state index contributed by atoms with van der Waals surface area (Å²) in [4.78, 5) is 19.5. The number of rotatable bonds is 9. The van der Waals surface area contributed by atoms with Crippen molar-refractivity contribution in [2.75, 3.05) is 6.54 Å². The number of hydrogen-bond donors (Lipinski definition) is 0. The van der Waals surface area contributed by atoms with Gasteiger partial charge in [-0.25, -0.2) is 0 Å². The summed E-state index contributed by atoms with van der Waals surface area (Å²) in [5.41, 5.74) is 3.29. The van der Waals surface area contributed by atoms with E-state index in [0.717, 1.165) is 23.4 Å². The smallest absolute Gasteiger partial charge is 0.236 e. The van der Waals surface area contributed by atoms with Crippen LogP contribution in [0.25, 0.3) is 11.4 Å². The monoisotopic (exact) mass is 457 g/mol. The van der Waals surface area contributed by atoms with E-state index < -0.39 is 0 Å². The van der Waals surface area contributed by atoms with Gasteiger partial charge in [-0.2, -0.15) is 0 Å². The lowest BCUT2D eigenvalue weighted by molar-refractivity contribution is -0.130. The second-order valence-corrected chi connectivity index (χ2v) is 9.15. The minimum absolute atomic E-state index is 0.0910. The van der Waals surface area contributed by atoms with E-state index in [1.807, 2.05) is 72.0 Å². The van der Waals surface area contributed by atoms with Crippen molar-refractivity contribution in [1.29, 1.82) is 0 Å². The molecule has 0 saturated heterocycles. The number of aromatic nitrogens is 4. The second kappa shape index (κ2) is 10.9. The maximum atomic E-state index is 13.5. The summed E-state index contributed by atoms with van der Waals surface area (Å²) in [6.07, 6.45) is 4.28. The number of benzene rings is 2. The lowest BCUT2D eigenvalue weighted by Gasteiger charge is -2.26. The van der Waals surface area contributed by atoms with Gasteiger partial charge in [-0.1, -0.05) is 72.4 Å². The summed E-state index contributed by atoms with van der Waals surface area (Å²) in [5.74, 6) is 0.845. The summed E-state index contributed by atoms with van der Waals surface area (Å²) in [6, 6.07) is 24.2. The van der Waals surface area contributed by atoms with Gasteiger partial charge in [0.05, 0.1) is 5.25 Å². The molecule has 0 fully saturated rings. The quantitative estimate of drug-likeness (QED) is 0.343. The maximum absolute atomic E-state index is 13.5. The van der Waals surface area contributed by atoms with Crippen LogP contribution in [0.15, 0.2) is 90.3 Å². The lowest BCUT2D eigenvalue weighted by Crippen LogP contribution is -2.37. The Bertz CT molecular complexity index is 1170. The first-order valence-electron chi connectivity index (χ1n) is 10.9. The van der Waals surface area contributed by atoms with E-state index in [4.69, 9.17) is 0 Å². The summed E-state index contributed by atoms with van der Waals surface area (Å²) in [7, 11) is 1.92. The Morgan fingerprint density at radius 1 is 0.939 bits per heavy atom. The third-order valence-corrected chi connectivity index (χ3v) is 6.57. The third-order valence-electron chi connectivity index (χ3n) is 5.44. The zero-order chi connectivity index (χ0) is 23.0. The zero-order valence-electron chi connectivity index (χ0n) is 18.8. The number of carbonyl (C=O) groups is 1. The molecule has 168 valence electrons. The fourth-order valence-electron chi connectivity index (χ4n) is 3.62. The molecule has 0 unspecified atom stereocenters. The van der Waals surface area contributed by atoms with Crippen molar-refractivity contribution in [2.45, 2.75) is 30.3 Å². The van der Waals surface area contributed by atoms with Gasteiger partial charge < -0.3 is 9.47 Å². The number of hydrogen-bond acceptors (Lipinski definition) is 5. The highest BCUT2D eigenvalue weighted by atomic mass is 32.2. The van der Waals surface area contributed by atoms with Crippen LogP contribution in [-0.2, 0) is 24.8 Å². The molecule has 0 aliphatic rings. The summed E-state index contributed by atoms with van der Waals surface area (Å²) in [6.45, 7) is 3.18. The first kappa shape index (κ1) is 22.7. The van der Waals surface area contributed by atoms with Crippen LogP contribution in [0.3, 0.4) is 0 Å². The average Bonchev–Trinajstić information content (AvgIpc) is 3.22. The van der Waals surface area contributed by atoms with Gasteiger partial charge in [-0.15, -0.1) is 10.2 Å². The van der Waals surface area contributed by atoms with Gasteiger partial charge in [0.2, 0.25) is 5.91 Å². The molecule has 7 heteroatoms. The predicted octanol–water partition coefficient (Wildman–Crippen LogP) is 4.63. The Kier molecular flexibility index (Phi) is 7.52. The van der Waals surface area contributed by atoms with Gasteiger partial charge in [0.1, 0.15) is 0 Å². The number of thioether (sulfide) groups is 1. The van der Waals surface area contributed by atoms with Crippen molar-refractivity contribution in [3.8, 4) is 11.4 Å². The number of carbonyl (C=O) groups excluding carboxylic acids is 1. The van der Waals surface area contributed by atoms with Crippen LogP contribution in [0.2, 0.25) is 0 Å². The minimum atomic E-state index is -0.294. The fourth-order valence-corrected chi connectivity index (χ4v) is 4.51. The molecule has 2 aromatic heterocycles. The van der Waals surface area contributed by atoms with Crippen LogP contribution >= 0.6 is 11.8 Å². The normalized spacial score (nSPS) is 11.8. The molecular formula is C26H27N5OS. The molecule has 4 rings (SSSR count). The Hall–Kier alpha value is -3.45. The van der Waals surface area contributed by atoms with Crippen LogP contribution in [0.4, 0.5) is 0 Å². The lowest BCUT2D eigenvalue weighted by atomic mass is 10.1. The van der Waals surface area contributed by atoms with Crippen molar-refractivity contribution >= 4 is 17.7 Å². The number of amides is 1. The SMILES string of the molecule is C[C@@H](Sc1nnc(-c2ccncc2)n1C)C(=O)N(CCc1ccccc1)Cc1ccccc1. The van der Waals surface area contributed by atoms with Crippen molar-refractivity contribution in [3.63, 3.8) is 0 Å².